The number of urea groups is 1. The molecule has 2 heterocycles. The molecule has 1 aromatic carbocycles. The van der Waals surface area contributed by atoms with Crippen molar-refractivity contribution in [3.8, 4) is 0 Å². The maximum absolute atomic E-state index is 12.2. The summed E-state index contributed by atoms with van der Waals surface area (Å²) in [6, 6.07) is 4.24. The van der Waals surface area contributed by atoms with E-state index in [2.05, 4.69) is 10.6 Å². The Morgan fingerprint density at radius 1 is 1.28 bits per heavy atom. The molecule has 7 nitrogen and oxygen atoms in total. The molecule has 1 aromatic rings. The van der Waals surface area contributed by atoms with Gasteiger partial charge in [0, 0.05) is 15.5 Å². The van der Waals surface area contributed by atoms with Gasteiger partial charge in [0.1, 0.15) is 11.4 Å². The zero-order valence-corrected chi connectivity index (χ0v) is 17.5. The third-order valence-electron chi connectivity index (χ3n) is 4.05. The van der Waals surface area contributed by atoms with Crippen molar-refractivity contribution in [3.63, 3.8) is 0 Å². The van der Waals surface area contributed by atoms with Gasteiger partial charge in [0.15, 0.2) is 0 Å². The van der Waals surface area contributed by atoms with Gasteiger partial charge in [-0.2, -0.15) is 0 Å². The molecule has 2 aliphatic heterocycles. The Hall–Kier alpha value is -0.930. The van der Waals surface area contributed by atoms with Gasteiger partial charge in [0.25, 0.3) is 0 Å². The van der Waals surface area contributed by atoms with Crippen molar-refractivity contribution in [2.24, 2.45) is 0 Å². The van der Waals surface area contributed by atoms with Crippen LogP contribution in [0.4, 0.5) is 10.5 Å². The van der Waals surface area contributed by atoms with E-state index in [9.17, 15) is 19.5 Å². The van der Waals surface area contributed by atoms with E-state index in [1.165, 1.54) is 16.7 Å². The monoisotopic (exact) mass is 391 g/mol. The Labute approximate surface area is 176 Å². The van der Waals surface area contributed by atoms with Crippen LogP contribution in [-0.2, 0) is 9.59 Å². The van der Waals surface area contributed by atoms with Crippen LogP contribution >= 0.6 is 23.4 Å². The zero-order valence-electron chi connectivity index (χ0n) is 13.9. The first-order chi connectivity index (χ1) is 11.2. The first kappa shape index (κ1) is 20.4. The SMILES string of the molecule is CC1(C)SC2C(NC(=O)Nc3ccc(Cl)cc3)C(=O)N2[C@H]1C(=O)[O-].[Na+]. The number of halogens is 1. The van der Waals surface area contributed by atoms with Crippen LogP contribution in [0.2, 0.25) is 5.02 Å². The van der Waals surface area contributed by atoms with E-state index >= 15 is 0 Å². The van der Waals surface area contributed by atoms with Crippen LogP contribution in [0.1, 0.15) is 13.8 Å². The average molecular weight is 392 g/mol. The van der Waals surface area contributed by atoms with E-state index in [0.29, 0.717) is 10.7 Å². The smallest absolute Gasteiger partial charge is 0.548 e. The molecule has 2 saturated heterocycles. The standard InChI is InChI=1S/C15H16ClN3O4S.Na/c1-15(2)10(13(21)22)19-11(20)9(12(19)24-15)18-14(23)17-8-5-3-7(16)4-6-8;/h3-6,9-10,12H,1-2H3,(H,21,22)(H2,17,18,23);/q;+1/p-1/t9?,10-,12?;/m0./s1. The van der Waals surface area contributed by atoms with E-state index in [0.717, 1.165) is 0 Å². The summed E-state index contributed by atoms with van der Waals surface area (Å²) in [6.07, 6.45) is 0. The van der Waals surface area contributed by atoms with Crippen molar-refractivity contribution in [1.82, 2.24) is 10.2 Å². The first-order valence-electron chi connectivity index (χ1n) is 7.24. The Kier molecular flexibility index (Phi) is 6.00. The largest absolute Gasteiger partial charge is 1.00 e. The number of benzene rings is 1. The van der Waals surface area contributed by atoms with Gasteiger partial charge in [-0.25, -0.2) is 4.79 Å². The molecule has 0 saturated carbocycles. The minimum atomic E-state index is -1.28. The van der Waals surface area contributed by atoms with Gasteiger partial charge < -0.3 is 25.4 Å². The second kappa shape index (κ2) is 7.36. The number of fused-ring (bicyclic) bond motifs is 1. The number of β-lactam (4-membered cyclic amide) rings is 1. The summed E-state index contributed by atoms with van der Waals surface area (Å²) < 4.78 is -0.678. The molecule has 10 heteroatoms. The number of rotatable bonds is 3. The molecule has 2 fully saturated rings. The van der Waals surface area contributed by atoms with Gasteiger partial charge in [-0.3, -0.25) is 4.79 Å². The molecule has 2 N–H and O–H groups in total. The molecule has 25 heavy (non-hydrogen) atoms. The summed E-state index contributed by atoms with van der Waals surface area (Å²) in [5.41, 5.74) is 0.535. The molecule has 0 bridgehead atoms. The summed E-state index contributed by atoms with van der Waals surface area (Å²) in [4.78, 5) is 36.9. The molecule has 3 amide bonds. The normalized spacial score (nSPS) is 26.1. The van der Waals surface area contributed by atoms with Crippen molar-refractivity contribution >= 4 is 47.0 Å². The Morgan fingerprint density at radius 2 is 1.88 bits per heavy atom. The molecule has 0 radical (unpaired) electrons. The van der Waals surface area contributed by atoms with Gasteiger partial charge in [0.05, 0.1) is 12.0 Å². The maximum atomic E-state index is 12.2. The molecule has 2 aliphatic rings. The number of carboxylic acids is 1. The summed E-state index contributed by atoms with van der Waals surface area (Å²) in [5, 5.41) is 16.7. The number of hydrogen-bond acceptors (Lipinski definition) is 5. The number of aliphatic carboxylic acids is 1. The second-order valence-electron chi connectivity index (χ2n) is 6.16. The quantitative estimate of drug-likeness (QED) is 0.443. The average Bonchev–Trinajstić information content (AvgIpc) is 2.76. The number of carbonyl (C=O) groups is 3. The van der Waals surface area contributed by atoms with Crippen LogP contribution < -0.4 is 45.3 Å². The van der Waals surface area contributed by atoms with Crippen LogP contribution in [0.25, 0.3) is 0 Å². The molecule has 2 unspecified atom stereocenters. The van der Waals surface area contributed by atoms with Crippen molar-refractivity contribution in [2.45, 2.75) is 36.1 Å². The Bertz CT molecular complexity index is 715. The van der Waals surface area contributed by atoms with Crippen molar-refractivity contribution < 1.29 is 49.0 Å². The van der Waals surface area contributed by atoms with Gasteiger partial charge in [-0.05, 0) is 38.1 Å². The molecular weight excluding hydrogens is 377 g/mol. The molecule has 128 valence electrons. The van der Waals surface area contributed by atoms with Crippen molar-refractivity contribution in [1.29, 1.82) is 0 Å². The van der Waals surface area contributed by atoms with Crippen LogP contribution in [0.3, 0.4) is 0 Å². The van der Waals surface area contributed by atoms with Crippen LogP contribution in [0.5, 0.6) is 0 Å². The predicted octanol–water partition coefficient (Wildman–Crippen LogP) is -2.35. The number of anilines is 1. The number of nitrogens with one attached hydrogen (secondary N) is 2. The second-order valence-corrected chi connectivity index (χ2v) is 8.37. The number of nitrogens with zero attached hydrogens (tertiary/aromatic N) is 1. The number of hydrogen-bond donors (Lipinski definition) is 2. The minimum Gasteiger partial charge on any atom is -0.548 e. The Morgan fingerprint density at radius 3 is 2.44 bits per heavy atom. The van der Waals surface area contributed by atoms with Gasteiger partial charge in [-0.15, -0.1) is 11.8 Å². The molecule has 0 aromatic heterocycles. The molecule has 0 spiro atoms. The molecular formula is C15H15ClN3NaO4S. The number of thioether (sulfide) groups is 1. The fourth-order valence-electron chi connectivity index (χ4n) is 2.97. The maximum Gasteiger partial charge on any atom is 1.00 e. The predicted molar refractivity (Wildman–Crippen MR) is 88.5 cm³/mol. The number of carboxylic acid groups (broad SMARTS) is 1. The van der Waals surface area contributed by atoms with E-state index < -0.39 is 40.1 Å². The summed E-state index contributed by atoms with van der Waals surface area (Å²) in [7, 11) is 0. The summed E-state index contributed by atoms with van der Waals surface area (Å²) in [5.74, 6) is -1.70. The van der Waals surface area contributed by atoms with Crippen molar-refractivity contribution in [2.75, 3.05) is 5.32 Å². The van der Waals surface area contributed by atoms with E-state index in [4.69, 9.17) is 11.6 Å². The summed E-state index contributed by atoms with van der Waals surface area (Å²) >= 11 is 7.12. The number of amides is 3. The fraction of sp³-hybridized carbons (Fsp3) is 0.400. The molecule has 0 aliphatic carbocycles. The van der Waals surface area contributed by atoms with Crippen LogP contribution in [0, 0.1) is 0 Å². The third kappa shape index (κ3) is 3.78. The summed E-state index contributed by atoms with van der Waals surface area (Å²) in [6.45, 7) is 3.49. The van der Waals surface area contributed by atoms with Gasteiger partial charge in [-0.1, -0.05) is 11.6 Å². The van der Waals surface area contributed by atoms with E-state index in [-0.39, 0.29) is 29.6 Å². The Balaban J connectivity index is 0.00000225. The third-order valence-corrected chi connectivity index (χ3v) is 5.88. The van der Waals surface area contributed by atoms with Gasteiger partial charge in [0.2, 0.25) is 5.91 Å². The molecule has 3 atom stereocenters. The van der Waals surface area contributed by atoms with E-state index in [1.807, 2.05) is 0 Å². The molecule has 3 rings (SSSR count). The van der Waals surface area contributed by atoms with Crippen molar-refractivity contribution in [3.05, 3.63) is 29.3 Å². The van der Waals surface area contributed by atoms with E-state index in [1.54, 1.807) is 38.1 Å². The topological polar surface area (TPSA) is 102 Å². The van der Waals surface area contributed by atoms with Crippen LogP contribution in [0.15, 0.2) is 24.3 Å². The first-order valence-corrected chi connectivity index (χ1v) is 8.50. The minimum absolute atomic E-state index is 0. The van der Waals surface area contributed by atoms with Gasteiger partial charge >= 0.3 is 35.6 Å². The number of carbonyl (C=O) groups excluding carboxylic acids is 3. The van der Waals surface area contributed by atoms with Crippen LogP contribution in [-0.4, -0.2) is 45.0 Å². The zero-order chi connectivity index (χ0) is 17.6. The fourth-order valence-corrected chi connectivity index (χ4v) is 4.71.